The summed E-state index contributed by atoms with van der Waals surface area (Å²) < 4.78 is 52.1. The summed E-state index contributed by atoms with van der Waals surface area (Å²) in [7, 11) is -1.24. The average Bonchev–Trinajstić information content (AvgIpc) is 2.82. The van der Waals surface area contributed by atoms with Crippen molar-refractivity contribution in [2.45, 2.75) is 25.2 Å². The average molecular weight is 501 g/mol. The number of methoxy groups -OCH3 is 2. The molecular weight excluding hydrogens is 471 g/mol. The number of sulfonamides is 1. The first-order valence-corrected chi connectivity index (χ1v) is 12.4. The molecule has 186 valence electrons. The first-order chi connectivity index (χ1) is 16.6. The van der Waals surface area contributed by atoms with Crippen molar-refractivity contribution in [1.82, 2.24) is 5.32 Å². The van der Waals surface area contributed by atoms with Crippen molar-refractivity contribution in [1.29, 1.82) is 0 Å². The van der Waals surface area contributed by atoms with Crippen LogP contribution in [-0.4, -0.2) is 41.6 Å². The molecule has 0 saturated heterocycles. The van der Waals surface area contributed by atoms with Gasteiger partial charge in [-0.2, -0.15) is 0 Å². The number of amides is 1. The molecule has 0 aliphatic rings. The lowest BCUT2D eigenvalue weighted by molar-refractivity contribution is -0.119. The minimum atomic E-state index is -4.13. The van der Waals surface area contributed by atoms with Crippen molar-refractivity contribution in [2.24, 2.45) is 0 Å². The zero-order valence-corrected chi connectivity index (χ0v) is 21.0. The van der Waals surface area contributed by atoms with Crippen molar-refractivity contribution >= 4 is 21.6 Å². The minimum absolute atomic E-state index is 0.0339. The molecule has 0 aromatic heterocycles. The second-order valence-electron chi connectivity index (χ2n) is 8.10. The van der Waals surface area contributed by atoms with Gasteiger partial charge in [-0.25, -0.2) is 12.8 Å². The van der Waals surface area contributed by atoms with Crippen molar-refractivity contribution in [3.8, 4) is 11.5 Å². The molecule has 1 amide bonds. The van der Waals surface area contributed by atoms with E-state index in [-0.39, 0.29) is 23.0 Å². The maximum absolute atomic E-state index is 13.7. The number of nitrogens with one attached hydrogen (secondary N) is 1. The van der Waals surface area contributed by atoms with Gasteiger partial charge in [-0.3, -0.25) is 9.10 Å². The number of nitrogens with zero attached hydrogens (tertiary/aromatic N) is 1. The van der Waals surface area contributed by atoms with Crippen molar-refractivity contribution in [3.05, 3.63) is 83.2 Å². The number of halogens is 1. The maximum atomic E-state index is 13.7. The Labute approximate surface area is 205 Å². The van der Waals surface area contributed by atoms with Crippen LogP contribution < -0.4 is 19.1 Å². The van der Waals surface area contributed by atoms with E-state index in [4.69, 9.17) is 9.47 Å². The number of rotatable bonds is 10. The zero-order valence-electron chi connectivity index (χ0n) is 20.2. The van der Waals surface area contributed by atoms with Gasteiger partial charge in [0.05, 0.1) is 24.8 Å². The number of hydrogen-bond donors (Lipinski definition) is 1. The van der Waals surface area contributed by atoms with Gasteiger partial charge in [0.1, 0.15) is 12.4 Å². The van der Waals surface area contributed by atoms with E-state index in [1.807, 2.05) is 19.9 Å². The first kappa shape index (κ1) is 26.0. The van der Waals surface area contributed by atoms with Crippen LogP contribution >= 0.6 is 0 Å². The predicted molar refractivity (Wildman–Crippen MR) is 133 cm³/mol. The Kier molecular flexibility index (Phi) is 8.34. The van der Waals surface area contributed by atoms with Gasteiger partial charge in [0.25, 0.3) is 10.0 Å². The van der Waals surface area contributed by atoms with Gasteiger partial charge in [-0.1, -0.05) is 18.2 Å². The summed E-state index contributed by atoms with van der Waals surface area (Å²) in [4.78, 5) is 12.8. The van der Waals surface area contributed by atoms with Gasteiger partial charge in [0.15, 0.2) is 11.5 Å². The molecule has 7 nitrogen and oxygen atoms in total. The van der Waals surface area contributed by atoms with E-state index in [0.717, 1.165) is 21.0 Å². The molecule has 0 heterocycles. The Morgan fingerprint density at radius 3 is 2.14 bits per heavy atom. The lowest BCUT2D eigenvalue weighted by Gasteiger charge is -2.25. The quantitative estimate of drug-likeness (QED) is 0.455. The monoisotopic (exact) mass is 500 g/mol. The molecule has 35 heavy (non-hydrogen) atoms. The molecule has 9 heteroatoms. The fraction of sp³-hybridized carbons (Fsp3) is 0.269. The molecule has 3 rings (SSSR count). The lowest BCUT2D eigenvalue weighted by Crippen LogP contribution is -2.41. The minimum Gasteiger partial charge on any atom is -0.493 e. The number of aryl methyl sites for hydroxylation is 2. The Hall–Kier alpha value is -3.59. The predicted octanol–water partition coefficient (Wildman–Crippen LogP) is 4.01. The Morgan fingerprint density at radius 1 is 0.914 bits per heavy atom. The summed E-state index contributed by atoms with van der Waals surface area (Å²) in [5, 5.41) is 2.76. The number of carbonyl (C=O) groups is 1. The van der Waals surface area contributed by atoms with Crippen molar-refractivity contribution in [3.63, 3.8) is 0 Å². The highest BCUT2D eigenvalue weighted by Crippen LogP contribution is 2.32. The Bertz CT molecular complexity index is 1270. The lowest BCUT2D eigenvalue weighted by atomic mass is 10.1. The molecule has 1 N–H and O–H groups in total. The van der Waals surface area contributed by atoms with E-state index in [0.29, 0.717) is 17.9 Å². The largest absolute Gasteiger partial charge is 0.493 e. The highest BCUT2D eigenvalue weighted by Gasteiger charge is 2.28. The summed E-state index contributed by atoms with van der Waals surface area (Å²) in [6, 6.07) is 15.7. The smallest absolute Gasteiger partial charge is 0.264 e. The van der Waals surface area contributed by atoms with Gasteiger partial charge in [0.2, 0.25) is 5.91 Å². The fourth-order valence-corrected chi connectivity index (χ4v) is 5.12. The third-order valence-electron chi connectivity index (χ3n) is 5.37. The molecule has 0 aliphatic carbocycles. The van der Waals surface area contributed by atoms with Crippen LogP contribution in [0.2, 0.25) is 0 Å². The maximum Gasteiger partial charge on any atom is 0.264 e. The van der Waals surface area contributed by atoms with E-state index in [9.17, 15) is 17.6 Å². The van der Waals surface area contributed by atoms with Gasteiger partial charge >= 0.3 is 0 Å². The molecule has 3 aromatic rings. The normalized spacial score (nSPS) is 11.1. The third-order valence-corrected chi connectivity index (χ3v) is 7.14. The number of benzene rings is 3. The standard InChI is InChI=1S/C26H29FN2O5S/c1-18-13-19(2)15-22(14-18)29(17-26(30)28-12-11-20-5-7-21(27)8-6-20)35(31,32)23-9-10-24(33-3)25(16-23)34-4/h5-10,13-16H,11-12,17H2,1-4H3,(H,28,30). The summed E-state index contributed by atoms with van der Waals surface area (Å²) in [5.74, 6) is -0.141. The number of ether oxygens (including phenoxy) is 2. The number of carbonyl (C=O) groups excluding carboxylic acids is 1. The molecule has 0 aliphatic heterocycles. The second kappa shape index (κ2) is 11.2. The van der Waals surface area contributed by atoms with E-state index in [2.05, 4.69) is 5.32 Å². The van der Waals surface area contributed by atoms with Crippen LogP contribution in [0.15, 0.2) is 65.6 Å². The van der Waals surface area contributed by atoms with Crippen LogP contribution in [0.5, 0.6) is 11.5 Å². The highest BCUT2D eigenvalue weighted by atomic mass is 32.2. The SMILES string of the molecule is COc1ccc(S(=O)(=O)N(CC(=O)NCCc2ccc(F)cc2)c2cc(C)cc(C)c2)cc1OC. The van der Waals surface area contributed by atoms with E-state index in [1.54, 1.807) is 24.3 Å². The molecule has 0 atom stereocenters. The zero-order chi connectivity index (χ0) is 25.6. The van der Waals surface area contributed by atoms with Gasteiger partial charge < -0.3 is 14.8 Å². The molecule has 0 bridgehead atoms. The molecule has 0 saturated carbocycles. The van der Waals surface area contributed by atoms with Crippen molar-refractivity contribution in [2.75, 3.05) is 31.6 Å². The molecule has 0 spiro atoms. The van der Waals surface area contributed by atoms with Crippen LogP contribution in [0.1, 0.15) is 16.7 Å². The summed E-state index contributed by atoms with van der Waals surface area (Å²) in [6.45, 7) is 3.59. The second-order valence-corrected chi connectivity index (χ2v) is 9.96. The van der Waals surface area contributed by atoms with E-state index in [1.165, 1.54) is 44.6 Å². The Balaban J connectivity index is 1.87. The Morgan fingerprint density at radius 2 is 1.54 bits per heavy atom. The summed E-state index contributed by atoms with van der Waals surface area (Å²) in [6.07, 6.45) is 0.484. The molecule has 0 fully saturated rings. The fourth-order valence-electron chi connectivity index (χ4n) is 3.70. The topological polar surface area (TPSA) is 84.9 Å². The van der Waals surface area contributed by atoms with Gasteiger partial charge in [-0.15, -0.1) is 0 Å². The highest BCUT2D eigenvalue weighted by molar-refractivity contribution is 7.92. The molecule has 3 aromatic carbocycles. The molecule has 0 unspecified atom stereocenters. The molecule has 0 radical (unpaired) electrons. The van der Waals surface area contributed by atoms with Crippen LogP contribution in [0.3, 0.4) is 0 Å². The summed E-state index contributed by atoms with van der Waals surface area (Å²) in [5.41, 5.74) is 2.97. The third kappa shape index (κ3) is 6.51. The molecular formula is C26H29FN2O5S. The van der Waals surface area contributed by atoms with Crippen molar-refractivity contribution < 1.29 is 27.1 Å². The first-order valence-electron chi connectivity index (χ1n) is 11.0. The van der Waals surface area contributed by atoms with Crippen LogP contribution in [0.4, 0.5) is 10.1 Å². The van der Waals surface area contributed by atoms with Crippen LogP contribution in [0.25, 0.3) is 0 Å². The number of anilines is 1. The number of hydrogen-bond acceptors (Lipinski definition) is 5. The van der Waals surface area contributed by atoms with Gasteiger partial charge in [-0.05, 0) is 73.4 Å². The van der Waals surface area contributed by atoms with E-state index >= 15 is 0 Å². The van der Waals surface area contributed by atoms with E-state index < -0.39 is 22.5 Å². The van der Waals surface area contributed by atoms with Crippen LogP contribution in [-0.2, 0) is 21.2 Å². The van der Waals surface area contributed by atoms with Gasteiger partial charge in [0, 0.05) is 12.6 Å². The summed E-state index contributed by atoms with van der Waals surface area (Å²) >= 11 is 0. The van der Waals surface area contributed by atoms with Crippen LogP contribution in [0, 0.1) is 19.7 Å².